The van der Waals surface area contributed by atoms with Crippen LogP contribution >= 0.6 is 34.8 Å². The molecule has 1 heterocycles. The van der Waals surface area contributed by atoms with Crippen molar-refractivity contribution in [3.05, 3.63) is 27.2 Å². The van der Waals surface area contributed by atoms with Crippen LogP contribution in [-0.2, 0) is 4.79 Å². The first-order chi connectivity index (χ1) is 10.4. The Morgan fingerprint density at radius 1 is 1.27 bits per heavy atom. The lowest BCUT2D eigenvalue weighted by atomic mass is 9.91. The normalized spacial score (nSPS) is 17.4. The Morgan fingerprint density at radius 2 is 1.86 bits per heavy atom. The van der Waals surface area contributed by atoms with Crippen molar-refractivity contribution in [1.82, 2.24) is 4.90 Å². The average molecular weight is 366 g/mol. The summed E-state index contributed by atoms with van der Waals surface area (Å²) >= 11 is 17.8. The second-order valence-corrected chi connectivity index (χ2v) is 6.78. The van der Waals surface area contributed by atoms with Crippen molar-refractivity contribution >= 4 is 40.7 Å². The maximum absolute atomic E-state index is 12.2. The molecular formula is C15H19Cl3N2O2. The first kappa shape index (κ1) is 17.7. The fourth-order valence-electron chi connectivity index (χ4n) is 2.52. The van der Waals surface area contributed by atoms with Crippen molar-refractivity contribution in [2.75, 3.05) is 19.7 Å². The summed E-state index contributed by atoms with van der Waals surface area (Å²) in [6.07, 6.45) is 1.86. The van der Waals surface area contributed by atoms with Gasteiger partial charge in [-0.1, -0.05) is 34.8 Å². The molecule has 1 aliphatic rings. The molecule has 7 heteroatoms. The Balaban J connectivity index is 1.87. The van der Waals surface area contributed by atoms with Crippen molar-refractivity contribution in [2.45, 2.75) is 25.8 Å². The molecule has 0 bridgehead atoms. The Hall–Kier alpha value is -0.680. The van der Waals surface area contributed by atoms with Gasteiger partial charge in [-0.25, -0.2) is 0 Å². The van der Waals surface area contributed by atoms with E-state index in [1.165, 1.54) is 12.1 Å². The van der Waals surface area contributed by atoms with Gasteiger partial charge < -0.3 is 15.4 Å². The number of piperidine rings is 1. The topological polar surface area (TPSA) is 55.6 Å². The van der Waals surface area contributed by atoms with E-state index in [0.29, 0.717) is 39.8 Å². The number of rotatable bonds is 4. The average Bonchev–Trinajstić information content (AvgIpc) is 2.49. The smallest absolute Gasteiger partial charge is 0.260 e. The number of nitrogens with zero attached hydrogens (tertiary/aromatic N) is 1. The summed E-state index contributed by atoms with van der Waals surface area (Å²) in [6, 6.07) is 3.19. The number of amides is 1. The van der Waals surface area contributed by atoms with Crippen molar-refractivity contribution in [1.29, 1.82) is 0 Å². The van der Waals surface area contributed by atoms with E-state index in [2.05, 4.69) is 0 Å². The number of hydrogen-bond donors (Lipinski definition) is 1. The van der Waals surface area contributed by atoms with E-state index in [1.807, 2.05) is 6.92 Å². The van der Waals surface area contributed by atoms with E-state index in [1.54, 1.807) is 4.90 Å². The molecule has 22 heavy (non-hydrogen) atoms. The number of nitrogens with two attached hydrogens (primary N) is 1. The highest BCUT2D eigenvalue weighted by Gasteiger charge is 2.25. The van der Waals surface area contributed by atoms with Gasteiger partial charge in [0.15, 0.2) is 6.61 Å². The van der Waals surface area contributed by atoms with Gasteiger partial charge in [0, 0.05) is 25.2 Å². The lowest BCUT2D eigenvalue weighted by Crippen LogP contribution is -2.44. The van der Waals surface area contributed by atoms with E-state index in [-0.39, 0.29) is 18.6 Å². The van der Waals surface area contributed by atoms with Crippen LogP contribution in [0.2, 0.25) is 15.1 Å². The molecule has 0 aliphatic carbocycles. The van der Waals surface area contributed by atoms with Gasteiger partial charge in [0.25, 0.3) is 5.91 Å². The van der Waals surface area contributed by atoms with E-state index in [0.717, 1.165) is 12.8 Å². The number of likely N-dealkylation sites (tertiary alicyclic amines) is 1. The Kier molecular flexibility index (Phi) is 6.21. The van der Waals surface area contributed by atoms with Crippen molar-refractivity contribution in [2.24, 2.45) is 11.7 Å². The minimum absolute atomic E-state index is 0.0646. The maximum atomic E-state index is 12.2. The number of carbonyl (C=O) groups is 1. The number of halogens is 3. The number of ether oxygens (including phenoxy) is 1. The quantitative estimate of drug-likeness (QED) is 0.829. The zero-order valence-corrected chi connectivity index (χ0v) is 14.6. The molecule has 1 amide bonds. The first-order valence-electron chi connectivity index (χ1n) is 7.19. The Bertz CT molecular complexity index is 544. The van der Waals surface area contributed by atoms with E-state index in [9.17, 15) is 4.79 Å². The fraction of sp³-hybridized carbons (Fsp3) is 0.533. The predicted octanol–water partition coefficient (Wildman–Crippen LogP) is 3.61. The molecule has 0 spiro atoms. The molecule has 1 aliphatic heterocycles. The molecule has 1 fully saturated rings. The highest BCUT2D eigenvalue weighted by atomic mass is 35.5. The molecule has 2 N–H and O–H groups in total. The fourth-order valence-corrected chi connectivity index (χ4v) is 3.11. The summed E-state index contributed by atoms with van der Waals surface area (Å²) < 4.78 is 5.47. The van der Waals surface area contributed by atoms with Crippen LogP contribution in [0.4, 0.5) is 0 Å². The molecule has 122 valence electrons. The molecule has 1 aromatic carbocycles. The third kappa shape index (κ3) is 4.42. The summed E-state index contributed by atoms with van der Waals surface area (Å²) in [6.45, 7) is 3.37. The SMILES string of the molecule is CC(N)C1CCN(C(=O)COc2cc(Cl)c(Cl)cc2Cl)CC1. The van der Waals surface area contributed by atoms with Crippen LogP contribution in [0.1, 0.15) is 19.8 Å². The van der Waals surface area contributed by atoms with Gasteiger partial charge in [0.2, 0.25) is 0 Å². The van der Waals surface area contributed by atoms with Gasteiger partial charge in [-0.3, -0.25) is 4.79 Å². The van der Waals surface area contributed by atoms with Crippen LogP contribution in [0.15, 0.2) is 12.1 Å². The minimum Gasteiger partial charge on any atom is -0.482 e. The van der Waals surface area contributed by atoms with Gasteiger partial charge in [-0.05, 0) is 31.7 Å². The third-order valence-corrected chi connectivity index (χ3v) is 4.98. The molecule has 0 aromatic heterocycles. The van der Waals surface area contributed by atoms with Crippen molar-refractivity contribution in [3.8, 4) is 5.75 Å². The molecule has 2 rings (SSSR count). The van der Waals surface area contributed by atoms with Crippen LogP contribution < -0.4 is 10.5 Å². The van der Waals surface area contributed by atoms with E-state index in [4.69, 9.17) is 45.3 Å². The van der Waals surface area contributed by atoms with Crippen LogP contribution in [0, 0.1) is 5.92 Å². The lowest BCUT2D eigenvalue weighted by Gasteiger charge is -2.33. The van der Waals surface area contributed by atoms with E-state index >= 15 is 0 Å². The van der Waals surface area contributed by atoms with Gasteiger partial charge in [0.1, 0.15) is 5.75 Å². The second-order valence-electron chi connectivity index (χ2n) is 5.56. The third-order valence-electron chi connectivity index (χ3n) is 3.96. The molecule has 1 saturated heterocycles. The molecule has 1 aromatic rings. The first-order valence-corrected chi connectivity index (χ1v) is 8.32. The van der Waals surface area contributed by atoms with Gasteiger partial charge in [-0.15, -0.1) is 0 Å². The molecule has 0 radical (unpaired) electrons. The van der Waals surface area contributed by atoms with Crippen LogP contribution in [0.5, 0.6) is 5.75 Å². The van der Waals surface area contributed by atoms with Crippen molar-refractivity contribution < 1.29 is 9.53 Å². The molecule has 4 nitrogen and oxygen atoms in total. The monoisotopic (exact) mass is 364 g/mol. The van der Waals surface area contributed by atoms with Crippen molar-refractivity contribution in [3.63, 3.8) is 0 Å². The number of benzene rings is 1. The predicted molar refractivity (Wildman–Crippen MR) is 89.9 cm³/mol. The molecule has 1 unspecified atom stereocenters. The van der Waals surface area contributed by atoms with Gasteiger partial charge in [0.05, 0.1) is 15.1 Å². The second kappa shape index (κ2) is 7.73. The summed E-state index contributed by atoms with van der Waals surface area (Å²) in [5.41, 5.74) is 5.90. The lowest BCUT2D eigenvalue weighted by molar-refractivity contribution is -0.134. The van der Waals surface area contributed by atoms with E-state index < -0.39 is 0 Å². The van der Waals surface area contributed by atoms with Crippen LogP contribution in [0.3, 0.4) is 0 Å². The van der Waals surface area contributed by atoms with Gasteiger partial charge >= 0.3 is 0 Å². The zero-order valence-electron chi connectivity index (χ0n) is 12.3. The minimum atomic E-state index is -0.0689. The van der Waals surface area contributed by atoms with Crippen LogP contribution in [-0.4, -0.2) is 36.5 Å². The largest absolute Gasteiger partial charge is 0.482 e. The maximum Gasteiger partial charge on any atom is 0.260 e. The van der Waals surface area contributed by atoms with Gasteiger partial charge in [-0.2, -0.15) is 0 Å². The number of hydrogen-bond acceptors (Lipinski definition) is 3. The molecule has 0 saturated carbocycles. The summed E-state index contributed by atoms with van der Waals surface area (Å²) in [7, 11) is 0. The highest BCUT2D eigenvalue weighted by Crippen LogP contribution is 2.33. The summed E-state index contributed by atoms with van der Waals surface area (Å²) in [5, 5.41) is 1.02. The molecule has 1 atom stereocenters. The Morgan fingerprint density at radius 3 is 2.45 bits per heavy atom. The number of carbonyl (C=O) groups excluding carboxylic acids is 1. The highest BCUT2D eigenvalue weighted by molar-refractivity contribution is 6.43. The van der Waals surface area contributed by atoms with Crippen LogP contribution in [0.25, 0.3) is 0 Å². The standard InChI is InChI=1S/C15H19Cl3N2O2/c1-9(19)10-2-4-20(5-3-10)15(21)8-22-14-7-12(17)11(16)6-13(14)18/h6-7,9-10H,2-5,8,19H2,1H3. The Labute approximate surface area is 145 Å². The molecular weight excluding hydrogens is 347 g/mol. The summed E-state index contributed by atoms with van der Waals surface area (Å²) in [5.74, 6) is 0.773. The summed E-state index contributed by atoms with van der Waals surface area (Å²) in [4.78, 5) is 14.0. The zero-order chi connectivity index (χ0) is 16.3.